The van der Waals surface area contributed by atoms with Crippen LogP contribution in [-0.4, -0.2) is 30.6 Å². The zero-order valence-corrected chi connectivity index (χ0v) is 12.4. The molecule has 20 heavy (non-hydrogen) atoms. The fourth-order valence-corrected chi connectivity index (χ4v) is 2.89. The Morgan fingerprint density at radius 2 is 2.25 bits per heavy atom. The Morgan fingerprint density at radius 1 is 1.50 bits per heavy atom. The molecular formula is C16H22FNO2. The van der Waals surface area contributed by atoms with E-state index < -0.39 is 0 Å². The van der Waals surface area contributed by atoms with Crippen molar-refractivity contribution in [3.05, 3.63) is 35.1 Å². The molecule has 0 radical (unpaired) electrons. The van der Waals surface area contributed by atoms with Crippen LogP contribution in [-0.2, 0) is 16.1 Å². The number of piperidine rings is 1. The molecule has 0 bridgehead atoms. The van der Waals surface area contributed by atoms with Crippen LogP contribution in [0, 0.1) is 18.7 Å². The van der Waals surface area contributed by atoms with Crippen LogP contribution >= 0.6 is 0 Å². The molecule has 1 aliphatic rings. The molecule has 2 unspecified atom stereocenters. The number of carbonyl (C=O) groups excluding carboxylic acids is 1. The van der Waals surface area contributed by atoms with Crippen LogP contribution in [0.15, 0.2) is 18.2 Å². The highest BCUT2D eigenvalue weighted by atomic mass is 19.1. The zero-order valence-electron chi connectivity index (χ0n) is 12.4. The van der Waals surface area contributed by atoms with E-state index in [-0.39, 0.29) is 23.7 Å². The van der Waals surface area contributed by atoms with Gasteiger partial charge in [0.25, 0.3) is 0 Å². The van der Waals surface area contributed by atoms with E-state index in [0.717, 1.165) is 24.9 Å². The molecule has 1 heterocycles. The first-order valence-electron chi connectivity index (χ1n) is 7.08. The molecule has 0 N–H and O–H groups in total. The number of methoxy groups -OCH3 is 1. The van der Waals surface area contributed by atoms with Crippen molar-refractivity contribution in [3.63, 3.8) is 0 Å². The number of rotatable bonds is 3. The van der Waals surface area contributed by atoms with E-state index in [1.165, 1.54) is 7.11 Å². The summed E-state index contributed by atoms with van der Waals surface area (Å²) in [5.41, 5.74) is 1.41. The standard InChI is InChI=1S/C16H22FNO2/c1-11-5-4-6-14(15(11)17)10-18-8-7-13(9-12(18)2)16(19)20-3/h4-6,12-13H,7-10H2,1-3H3. The third-order valence-corrected chi connectivity index (χ3v) is 4.19. The highest BCUT2D eigenvalue weighted by molar-refractivity contribution is 5.72. The van der Waals surface area contributed by atoms with Crippen LogP contribution in [0.1, 0.15) is 30.9 Å². The molecular weight excluding hydrogens is 257 g/mol. The number of likely N-dealkylation sites (tertiary alicyclic amines) is 1. The number of carbonyl (C=O) groups is 1. The van der Waals surface area contributed by atoms with Gasteiger partial charge < -0.3 is 4.74 Å². The number of ether oxygens (including phenoxy) is 1. The first-order chi connectivity index (χ1) is 9.52. The van der Waals surface area contributed by atoms with Gasteiger partial charge in [-0.2, -0.15) is 0 Å². The van der Waals surface area contributed by atoms with Gasteiger partial charge in [0.05, 0.1) is 13.0 Å². The van der Waals surface area contributed by atoms with Gasteiger partial charge in [-0.05, 0) is 38.8 Å². The molecule has 3 nitrogen and oxygen atoms in total. The predicted molar refractivity (Wildman–Crippen MR) is 75.7 cm³/mol. The van der Waals surface area contributed by atoms with E-state index in [2.05, 4.69) is 11.8 Å². The van der Waals surface area contributed by atoms with Crippen LogP contribution < -0.4 is 0 Å². The van der Waals surface area contributed by atoms with Crippen LogP contribution in [0.4, 0.5) is 4.39 Å². The van der Waals surface area contributed by atoms with Crippen molar-refractivity contribution >= 4 is 5.97 Å². The predicted octanol–water partition coefficient (Wildman–Crippen LogP) is 2.91. The maximum atomic E-state index is 14.0. The molecule has 2 rings (SSSR count). The third-order valence-electron chi connectivity index (χ3n) is 4.19. The van der Waals surface area contributed by atoms with Crippen molar-refractivity contribution in [2.24, 2.45) is 5.92 Å². The second-order valence-electron chi connectivity index (χ2n) is 5.61. The summed E-state index contributed by atoms with van der Waals surface area (Å²) in [4.78, 5) is 13.8. The molecule has 1 aromatic rings. The highest BCUT2D eigenvalue weighted by Gasteiger charge is 2.30. The summed E-state index contributed by atoms with van der Waals surface area (Å²) >= 11 is 0. The van der Waals surface area contributed by atoms with E-state index in [9.17, 15) is 9.18 Å². The lowest BCUT2D eigenvalue weighted by Gasteiger charge is -2.36. The van der Waals surface area contributed by atoms with Crippen LogP contribution in [0.2, 0.25) is 0 Å². The minimum Gasteiger partial charge on any atom is -0.469 e. The zero-order chi connectivity index (χ0) is 14.7. The monoisotopic (exact) mass is 279 g/mol. The van der Waals surface area contributed by atoms with Gasteiger partial charge in [0.15, 0.2) is 0 Å². The average Bonchev–Trinajstić information content (AvgIpc) is 2.45. The van der Waals surface area contributed by atoms with E-state index >= 15 is 0 Å². The van der Waals surface area contributed by atoms with E-state index in [1.54, 1.807) is 13.0 Å². The first-order valence-corrected chi connectivity index (χ1v) is 7.08. The summed E-state index contributed by atoms with van der Waals surface area (Å²) < 4.78 is 18.9. The van der Waals surface area contributed by atoms with Crippen molar-refractivity contribution < 1.29 is 13.9 Å². The summed E-state index contributed by atoms with van der Waals surface area (Å²) in [6.07, 6.45) is 1.56. The first kappa shape index (κ1) is 15.0. The van der Waals surface area contributed by atoms with Crippen molar-refractivity contribution in [1.82, 2.24) is 4.90 Å². The number of hydrogen-bond donors (Lipinski definition) is 0. The molecule has 2 atom stereocenters. The van der Waals surface area contributed by atoms with Crippen molar-refractivity contribution in [1.29, 1.82) is 0 Å². The van der Waals surface area contributed by atoms with Gasteiger partial charge in [0.2, 0.25) is 0 Å². The Morgan fingerprint density at radius 3 is 2.90 bits per heavy atom. The van der Waals surface area contributed by atoms with Crippen LogP contribution in [0.25, 0.3) is 0 Å². The van der Waals surface area contributed by atoms with Gasteiger partial charge in [-0.25, -0.2) is 4.39 Å². The number of nitrogens with zero attached hydrogens (tertiary/aromatic N) is 1. The summed E-state index contributed by atoms with van der Waals surface area (Å²) in [6.45, 7) is 5.27. The van der Waals surface area contributed by atoms with E-state index in [1.807, 2.05) is 12.1 Å². The molecule has 4 heteroatoms. The van der Waals surface area contributed by atoms with Gasteiger partial charge in [0.1, 0.15) is 5.82 Å². The second kappa shape index (κ2) is 6.35. The molecule has 0 amide bonds. The molecule has 1 aliphatic heterocycles. The Hall–Kier alpha value is -1.42. The van der Waals surface area contributed by atoms with Crippen molar-refractivity contribution in [2.75, 3.05) is 13.7 Å². The average molecular weight is 279 g/mol. The lowest BCUT2D eigenvalue weighted by molar-refractivity contribution is -0.147. The van der Waals surface area contributed by atoms with Gasteiger partial charge >= 0.3 is 5.97 Å². The van der Waals surface area contributed by atoms with Crippen molar-refractivity contribution in [3.8, 4) is 0 Å². The molecule has 0 spiro atoms. The fourth-order valence-electron chi connectivity index (χ4n) is 2.89. The largest absolute Gasteiger partial charge is 0.469 e. The van der Waals surface area contributed by atoms with Crippen molar-refractivity contribution in [2.45, 2.75) is 39.3 Å². The molecule has 0 aromatic heterocycles. The number of hydrogen-bond acceptors (Lipinski definition) is 3. The molecule has 1 fully saturated rings. The minimum atomic E-state index is -0.127. The van der Waals surface area contributed by atoms with Gasteiger partial charge in [-0.15, -0.1) is 0 Å². The highest BCUT2D eigenvalue weighted by Crippen LogP contribution is 2.26. The maximum absolute atomic E-state index is 14.0. The molecule has 0 aliphatic carbocycles. The molecule has 1 saturated heterocycles. The normalized spacial score (nSPS) is 23.6. The fraction of sp³-hybridized carbons (Fsp3) is 0.562. The quantitative estimate of drug-likeness (QED) is 0.797. The lowest BCUT2D eigenvalue weighted by atomic mass is 9.91. The number of esters is 1. The SMILES string of the molecule is COC(=O)C1CCN(Cc2cccc(C)c2F)C(C)C1. The van der Waals surface area contributed by atoms with Gasteiger partial charge in [-0.3, -0.25) is 9.69 Å². The topological polar surface area (TPSA) is 29.5 Å². The Labute approximate surface area is 119 Å². The Bertz CT molecular complexity index is 489. The summed E-state index contributed by atoms with van der Waals surface area (Å²) in [7, 11) is 1.43. The summed E-state index contributed by atoms with van der Waals surface area (Å²) in [5, 5.41) is 0. The number of aryl methyl sites for hydroxylation is 1. The third kappa shape index (κ3) is 3.18. The molecule has 110 valence electrons. The van der Waals surface area contributed by atoms with Gasteiger partial charge in [0, 0.05) is 18.2 Å². The summed E-state index contributed by atoms with van der Waals surface area (Å²) in [5.74, 6) is -0.262. The molecule has 1 aromatic carbocycles. The molecule has 0 saturated carbocycles. The number of benzene rings is 1. The van der Waals surface area contributed by atoms with E-state index in [0.29, 0.717) is 12.1 Å². The van der Waals surface area contributed by atoms with Crippen LogP contribution in [0.5, 0.6) is 0 Å². The van der Waals surface area contributed by atoms with Gasteiger partial charge in [-0.1, -0.05) is 18.2 Å². The van der Waals surface area contributed by atoms with E-state index in [4.69, 9.17) is 4.74 Å². The maximum Gasteiger partial charge on any atom is 0.308 e. The Balaban J connectivity index is 2.01. The lowest BCUT2D eigenvalue weighted by Crippen LogP contribution is -2.42. The minimum absolute atomic E-state index is 0.0198. The second-order valence-corrected chi connectivity index (χ2v) is 5.61. The Kier molecular flexibility index (Phi) is 4.76. The van der Waals surface area contributed by atoms with Crippen LogP contribution in [0.3, 0.4) is 0 Å². The number of halogens is 1. The summed E-state index contributed by atoms with van der Waals surface area (Å²) in [6, 6.07) is 5.76. The smallest absolute Gasteiger partial charge is 0.308 e.